The summed E-state index contributed by atoms with van der Waals surface area (Å²) in [6.07, 6.45) is 11.9. The summed E-state index contributed by atoms with van der Waals surface area (Å²) in [7, 11) is 0. The van der Waals surface area contributed by atoms with Crippen LogP contribution in [0.15, 0.2) is 48.6 Å². The number of unbranched alkanes of at least 4 members (excludes halogenated alkanes) is 2. The van der Waals surface area contributed by atoms with Crippen LogP contribution in [0.1, 0.15) is 109 Å². The third-order valence-electron chi connectivity index (χ3n) is 8.23. The van der Waals surface area contributed by atoms with Gasteiger partial charge in [0.2, 0.25) is 0 Å². The van der Waals surface area contributed by atoms with Crippen LogP contribution in [0, 0.1) is 11.8 Å². The van der Waals surface area contributed by atoms with E-state index in [1.54, 1.807) is 0 Å². The van der Waals surface area contributed by atoms with Gasteiger partial charge in [-0.1, -0.05) is 70.0 Å². The monoisotopic (exact) mass is 556 g/mol. The molecule has 0 unspecified atom stereocenters. The molecular formula is C34H52O6. The molecule has 0 spiro atoms. The van der Waals surface area contributed by atoms with E-state index in [4.69, 9.17) is 9.47 Å². The van der Waals surface area contributed by atoms with Crippen molar-refractivity contribution in [1.29, 1.82) is 0 Å². The lowest BCUT2D eigenvalue weighted by molar-refractivity contribution is -0.146. The molecule has 1 aliphatic carbocycles. The average molecular weight is 557 g/mol. The zero-order valence-corrected chi connectivity index (χ0v) is 25.5. The molecule has 40 heavy (non-hydrogen) atoms. The molecule has 2 rings (SSSR count). The number of hydrogen-bond acceptors (Lipinski definition) is 6. The summed E-state index contributed by atoms with van der Waals surface area (Å²) >= 11 is 0. The molecule has 0 aromatic heterocycles. The largest absolute Gasteiger partial charge is 0.462 e. The summed E-state index contributed by atoms with van der Waals surface area (Å²) in [5, 5.41) is 20.1. The fraction of sp³-hybridized carbons (Fsp3) is 0.647. The minimum Gasteiger partial charge on any atom is -0.462 e. The van der Waals surface area contributed by atoms with E-state index in [9.17, 15) is 19.8 Å². The smallest absolute Gasteiger partial charge is 0.336 e. The van der Waals surface area contributed by atoms with Crippen molar-refractivity contribution in [3.63, 3.8) is 0 Å². The van der Waals surface area contributed by atoms with Gasteiger partial charge in [-0.05, 0) is 89.2 Å². The molecule has 0 saturated heterocycles. The molecule has 6 heteroatoms. The van der Waals surface area contributed by atoms with Crippen molar-refractivity contribution < 1.29 is 29.3 Å². The van der Waals surface area contributed by atoms with E-state index in [1.165, 1.54) is 90.2 Å². The highest BCUT2D eigenvalue weighted by Crippen LogP contribution is 2.38. The predicted molar refractivity (Wildman–Crippen MR) is 160 cm³/mol. The van der Waals surface area contributed by atoms with Crippen LogP contribution in [0.2, 0.25) is 0 Å². The summed E-state index contributed by atoms with van der Waals surface area (Å²) < 4.78 is 10.8. The van der Waals surface area contributed by atoms with Crippen LogP contribution in [0.5, 0.6) is 0 Å². The first kappa shape index (κ1) is 33.8. The number of rotatable bonds is 16. The SMILES string of the molecule is C=C(C(=O)OCC(CCc1ccc(C2CCC(CCCCC)CC2)cc1)COC(=O)C(=C)C(C)(C)O)C(C)(C)O. The summed E-state index contributed by atoms with van der Waals surface area (Å²) in [6.45, 7) is 15.5. The van der Waals surface area contributed by atoms with Crippen molar-refractivity contribution in [3.8, 4) is 0 Å². The molecule has 0 heterocycles. The van der Waals surface area contributed by atoms with Gasteiger partial charge in [-0.15, -0.1) is 0 Å². The van der Waals surface area contributed by atoms with E-state index in [0.717, 1.165) is 12.3 Å². The number of carbonyl (C=O) groups excluding carboxylic acids is 2. The van der Waals surface area contributed by atoms with Crippen molar-refractivity contribution >= 4 is 11.9 Å². The zero-order chi connectivity index (χ0) is 29.9. The molecule has 1 aromatic rings. The predicted octanol–water partition coefficient (Wildman–Crippen LogP) is 6.83. The van der Waals surface area contributed by atoms with Gasteiger partial charge >= 0.3 is 11.9 Å². The Morgan fingerprint density at radius 3 is 1.82 bits per heavy atom. The molecule has 2 N–H and O–H groups in total. The summed E-state index contributed by atoms with van der Waals surface area (Å²) in [4.78, 5) is 24.8. The lowest BCUT2D eigenvalue weighted by atomic mass is 9.77. The topological polar surface area (TPSA) is 93.1 Å². The summed E-state index contributed by atoms with van der Waals surface area (Å²) in [5.41, 5.74) is -0.278. The Balaban J connectivity index is 1.94. The van der Waals surface area contributed by atoms with Gasteiger partial charge in [0.25, 0.3) is 0 Å². The van der Waals surface area contributed by atoms with Gasteiger partial charge in [0.05, 0.1) is 35.6 Å². The molecule has 1 aromatic carbocycles. The number of aryl methyl sites for hydroxylation is 1. The molecule has 0 atom stereocenters. The third kappa shape index (κ3) is 11.2. The first-order valence-corrected chi connectivity index (χ1v) is 15.0. The average Bonchev–Trinajstić information content (AvgIpc) is 2.91. The van der Waals surface area contributed by atoms with E-state index in [1.807, 2.05) is 0 Å². The highest BCUT2D eigenvalue weighted by molar-refractivity contribution is 5.90. The highest BCUT2D eigenvalue weighted by Gasteiger charge is 2.28. The number of carbonyl (C=O) groups is 2. The zero-order valence-electron chi connectivity index (χ0n) is 25.5. The van der Waals surface area contributed by atoms with Crippen LogP contribution in [0.25, 0.3) is 0 Å². The maximum Gasteiger partial charge on any atom is 0.336 e. The second-order valence-corrected chi connectivity index (χ2v) is 12.6. The molecule has 224 valence electrons. The second kappa shape index (κ2) is 15.5. The first-order chi connectivity index (χ1) is 18.7. The van der Waals surface area contributed by atoms with Crippen LogP contribution < -0.4 is 0 Å². The Morgan fingerprint density at radius 1 is 0.875 bits per heavy atom. The standard InChI is InChI=1S/C34H52O6/c1-8-9-10-11-26-14-18-29(19-15-26)30-20-16-27(17-21-30)12-13-28(22-39-31(35)24(2)33(4,5)37)23-40-32(36)25(3)34(6,7)38/h16-17,20-21,26,28-29,37-38H,2-3,8-15,18-19,22-23H2,1,4-7H3. The highest BCUT2D eigenvalue weighted by atomic mass is 16.5. The van der Waals surface area contributed by atoms with E-state index in [-0.39, 0.29) is 30.3 Å². The lowest BCUT2D eigenvalue weighted by Gasteiger charge is -2.29. The first-order valence-electron chi connectivity index (χ1n) is 15.0. The minimum absolute atomic E-state index is 0.00971. The molecule has 1 saturated carbocycles. The Labute approximate surface area is 241 Å². The van der Waals surface area contributed by atoms with Crippen molar-refractivity contribution in [3.05, 3.63) is 59.7 Å². The molecule has 0 amide bonds. The molecule has 0 aliphatic heterocycles. The normalized spacial score (nSPS) is 17.9. The van der Waals surface area contributed by atoms with E-state index >= 15 is 0 Å². The van der Waals surface area contributed by atoms with Gasteiger partial charge in [-0.25, -0.2) is 9.59 Å². The molecule has 1 aliphatic rings. The van der Waals surface area contributed by atoms with Crippen molar-refractivity contribution in [2.45, 2.75) is 116 Å². The quantitative estimate of drug-likeness (QED) is 0.132. The Kier molecular flexibility index (Phi) is 13.1. The Hall–Kier alpha value is -2.44. The molecule has 0 bridgehead atoms. The maximum absolute atomic E-state index is 12.4. The Bertz CT molecular complexity index is 929. The molecule has 0 radical (unpaired) electrons. The van der Waals surface area contributed by atoms with Gasteiger partial charge < -0.3 is 19.7 Å². The van der Waals surface area contributed by atoms with E-state index in [0.29, 0.717) is 12.3 Å². The molecule has 6 nitrogen and oxygen atoms in total. The van der Waals surface area contributed by atoms with Gasteiger partial charge in [0.15, 0.2) is 0 Å². The number of hydrogen-bond donors (Lipinski definition) is 2. The van der Waals surface area contributed by atoms with Crippen molar-refractivity contribution in [1.82, 2.24) is 0 Å². The number of ether oxygens (including phenoxy) is 2. The van der Waals surface area contributed by atoms with Gasteiger partial charge in [0, 0.05) is 5.92 Å². The van der Waals surface area contributed by atoms with Gasteiger partial charge in [-0.3, -0.25) is 0 Å². The van der Waals surface area contributed by atoms with Crippen LogP contribution in [-0.2, 0) is 25.5 Å². The van der Waals surface area contributed by atoms with Crippen LogP contribution in [0.3, 0.4) is 0 Å². The number of aliphatic hydroxyl groups is 2. The lowest BCUT2D eigenvalue weighted by Crippen LogP contribution is -2.31. The number of benzene rings is 1. The van der Waals surface area contributed by atoms with E-state index < -0.39 is 23.1 Å². The molecular weight excluding hydrogens is 504 g/mol. The fourth-order valence-electron chi connectivity index (χ4n) is 5.07. The molecule has 1 fully saturated rings. The second-order valence-electron chi connectivity index (χ2n) is 12.6. The van der Waals surface area contributed by atoms with E-state index in [2.05, 4.69) is 44.3 Å². The van der Waals surface area contributed by atoms with Gasteiger partial charge in [-0.2, -0.15) is 0 Å². The third-order valence-corrected chi connectivity index (χ3v) is 8.23. The van der Waals surface area contributed by atoms with Crippen LogP contribution >= 0.6 is 0 Å². The van der Waals surface area contributed by atoms with Crippen LogP contribution in [-0.4, -0.2) is 46.6 Å². The van der Waals surface area contributed by atoms with Crippen LogP contribution in [0.4, 0.5) is 0 Å². The fourth-order valence-corrected chi connectivity index (χ4v) is 5.07. The number of esters is 2. The maximum atomic E-state index is 12.4. The van der Waals surface area contributed by atoms with Crippen molar-refractivity contribution in [2.24, 2.45) is 11.8 Å². The van der Waals surface area contributed by atoms with Crippen molar-refractivity contribution in [2.75, 3.05) is 13.2 Å². The summed E-state index contributed by atoms with van der Waals surface area (Å²) in [5.74, 6) is -0.123. The Morgan fingerprint density at radius 2 is 1.38 bits per heavy atom. The van der Waals surface area contributed by atoms with Gasteiger partial charge in [0.1, 0.15) is 0 Å². The minimum atomic E-state index is -1.39. The summed E-state index contributed by atoms with van der Waals surface area (Å²) in [6, 6.07) is 8.83.